The minimum Gasteiger partial charge on any atom is -0.209 e. The van der Waals surface area contributed by atoms with Crippen LogP contribution in [0.15, 0.2) is 170 Å². The van der Waals surface area contributed by atoms with Crippen LogP contribution in [-0.2, 0) is 5.41 Å². The average molecular weight is 764 g/mol. The average Bonchev–Trinajstić information content (AvgIpc) is 3.78. The third kappa shape index (κ3) is 6.09. The molecule has 0 amide bonds. The maximum absolute atomic E-state index is 5.36. The van der Waals surface area contributed by atoms with Crippen molar-refractivity contribution in [3.8, 4) is 67.3 Å². The molecule has 9 aromatic rings. The molecule has 7 aromatic carbocycles. The topological polar surface area (TPSA) is 38.7 Å². The minimum atomic E-state index is -0.215. The highest BCUT2D eigenvalue weighted by molar-refractivity contribution is 7.17. The molecule has 2 heterocycles. The van der Waals surface area contributed by atoms with Gasteiger partial charge in [0, 0.05) is 42.0 Å². The van der Waals surface area contributed by atoms with Crippen LogP contribution in [0.5, 0.6) is 0 Å². The minimum absolute atomic E-state index is 0.215. The lowest BCUT2D eigenvalue weighted by Gasteiger charge is -2.24. The maximum Gasteiger partial charge on any atom is 0.164 e. The monoisotopic (exact) mass is 763 g/mol. The molecule has 2 aromatic heterocycles. The second-order valence-electron chi connectivity index (χ2n) is 15.6. The second-order valence-corrected chi connectivity index (χ2v) is 16.6. The van der Waals surface area contributed by atoms with Crippen LogP contribution >= 0.6 is 11.3 Å². The Bertz CT molecular complexity index is 3160. The summed E-state index contributed by atoms with van der Waals surface area (Å²) in [6, 6.07) is 60.7. The summed E-state index contributed by atoms with van der Waals surface area (Å²) in [6.45, 7) is 8.92. The first-order chi connectivity index (χ1) is 28.4. The summed E-state index contributed by atoms with van der Waals surface area (Å²) in [6.07, 6.45) is 2.22. The lowest BCUT2D eigenvalue weighted by Crippen LogP contribution is -2.22. The number of nitrogens with zero attached hydrogens (tertiary/aromatic N) is 3. The predicted octanol–water partition coefficient (Wildman–Crippen LogP) is 12.7. The van der Waals surface area contributed by atoms with Gasteiger partial charge in [0.25, 0.3) is 0 Å². The van der Waals surface area contributed by atoms with Crippen LogP contribution in [0.4, 0.5) is 0 Å². The normalized spacial score (nSPS) is 13.7. The Morgan fingerprint density at radius 2 is 1.03 bits per heavy atom. The van der Waals surface area contributed by atoms with Crippen LogP contribution in [0.25, 0.3) is 89.0 Å². The number of fused-ring (bicyclic) bond motifs is 4. The summed E-state index contributed by atoms with van der Waals surface area (Å²) < 4.78 is 2.44. The van der Waals surface area contributed by atoms with E-state index < -0.39 is 0 Å². The van der Waals surface area contributed by atoms with Gasteiger partial charge in [-0.3, -0.25) is 0 Å². The van der Waals surface area contributed by atoms with Gasteiger partial charge in [0.05, 0.1) is 0 Å². The molecule has 3 nitrogen and oxygen atoms in total. The fraction of sp³-hybridized carbons (Fsp3) is 0.0926. The van der Waals surface area contributed by atoms with E-state index >= 15 is 0 Å². The molecule has 1 aliphatic carbocycles. The first kappa shape index (κ1) is 35.6. The molecule has 0 bridgehead atoms. The van der Waals surface area contributed by atoms with E-state index in [0.717, 1.165) is 16.7 Å². The molecule has 0 radical (unpaired) electrons. The Morgan fingerprint density at radius 1 is 0.500 bits per heavy atom. The number of benzene rings is 7. The van der Waals surface area contributed by atoms with Gasteiger partial charge in [-0.05, 0) is 93.7 Å². The first-order valence-electron chi connectivity index (χ1n) is 19.9. The Kier molecular flexibility index (Phi) is 8.80. The van der Waals surface area contributed by atoms with E-state index in [-0.39, 0.29) is 5.41 Å². The number of hydrogen-bond acceptors (Lipinski definition) is 4. The fourth-order valence-corrected chi connectivity index (χ4v) is 9.93. The van der Waals surface area contributed by atoms with Crippen molar-refractivity contribution in [2.24, 2.45) is 0 Å². The van der Waals surface area contributed by atoms with E-state index in [1.165, 1.54) is 75.5 Å². The van der Waals surface area contributed by atoms with E-state index in [2.05, 4.69) is 185 Å². The van der Waals surface area contributed by atoms with Crippen molar-refractivity contribution in [2.75, 3.05) is 0 Å². The predicted molar refractivity (Wildman–Crippen MR) is 244 cm³/mol. The number of rotatable bonds is 6. The second kappa shape index (κ2) is 14.3. The zero-order valence-corrected chi connectivity index (χ0v) is 33.8. The van der Waals surface area contributed by atoms with Crippen molar-refractivity contribution in [1.29, 1.82) is 0 Å². The Balaban J connectivity index is 1.14. The van der Waals surface area contributed by atoms with Gasteiger partial charge in [-0.25, -0.2) is 15.0 Å². The van der Waals surface area contributed by atoms with E-state index in [1.807, 2.05) is 29.5 Å². The summed E-state index contributed by atoms with van der Waals surface area (Å²) in [5, 5.41) is 2.36. The Morgan fingerprint density at radius 3 is 1.72 bits per heavy atom. The molecule has 0 N–H and O–H groups in total. The van der Waals surface area contributed by atoms with Crippen molar-refractivity contribution in [3.05, 3.63) is 197 Å². The smallest absolute Gasteiger partial charge is 0.164 e. The van der Waals surface area contributed by atoms with Gasteiger partial charge in [0.1, 0.15) is 0 Å². The molecule has 0 aliphatic heterocycles. The molecule has 10 rings (SSSR count). The van der Waals surface area contributed by atoms with Gasteiger partial charge < -0.3 is 0 Å². The lowest BCUT2D eigenvalue weighted by molar-refractivity contribution is 0.661. The van der Waals surface area contributed by atoms with E-state index in [0.29, 0.717) is 17.5 Å². The summed E-state index contributed by atoms with van der Waals surface area (Å²) in [4.78, 5) is 15.8. The number of thiophene rings is 1. The SMILES string of the molecule is C/C=c1/sc2ccc(-c3cccc(-c4cccc(-c5ccccc5)c4)c3)cc2/c1=C(/C)c1nc(-c2ccccc2)nc(-c2cccc3c2C(C)(C)c2ccccc2-3)n1. The molecule has 1 aliphatic rings. The van der Waals surface area contributed by atoms with Crippen LogP contribution in [0, 0.1) is 0 Å². The molecule has 0 saturated carbocycles. The van der Waals surface area contributed by atoms with Crippen molar-refractivity contribution in [1.82, 2.24) is 15.0 Å². The Labute approximate surface area is 343 Å². The van der Waals surface area contributed by atoms with Crippen LogP contribution in [-0.4, -0.2) is 15.0 Å². The van der Waals surface area contributed by atoms with E-state index in [1.54, 1.807) is 0 Å². The van der Waals surface area contributed by atoms with Gasteiger partial charge in [0.15, 0.2) is 17.5 Å². The summed E-state index contributed by atoms with van der Waals surface area (Å²) in [5.41, 5.74) is 15.1. The third-order valence-electron chi connectivity index (χ3n) is 11.7. The van der Waals surface area contributed by atoms with Crippen LogP contribution in [0.1, 0.15) is 44.6 Å². The molecular weight excluding hydrogens is 723 g/mol. The van der Waals surface area contributed by atoms with Gasteiger partial charge in [-0.1, -0.05) is 166 Å². The summed E-state index contributed by atoms with van der Waals surface area (Å²) in [5.74, 6) is 2.04. The van der Waals surface area contributed by atoms with Gasteiger partial charge in [0.2, 0.25) is 0 Å². The van der Waals surface area contributed by atoms with E-state index in [4.69, 9.17) is 15.0 Å². The fourth-order valence-electron chi connectivity index (χ4n) is 8.80. The summed E-state index contributed by atoms with van der Waals surface area (Å²) in [7, 11) is 0. The van der Waals surface area contributed by atoms with E-state index in [9.17, 15) is 0 Å². The first-order valence-corrected chi connectivity index (χ1v) is 20.7. The van der Waals surface area contributed by atoms with Crippen LogP contribution in [0.2, 0.25) is 0 Å². The highest BCUT2D eigenvalue weighted by Gasteiger charge is 2.38. The molecule has 0 spiro atoms. The quantitative estimate of drug-likeness (QED) is 0.169. The molecule has 0 fully saturated rings. The largest absolute Gasteiger partial charge is 0.209 e. The molecule has 278 valence electrons. The zero-order valence-electron chi connectivity index (χ0n) is 33.0. The van der Waals surface area contributed by atoms with Crippen LogP contribution in [0.3, 0.4) is 0 Å². The standard InChI is InChI=1S/C54H41N3S/c1-5-47-49(45-33-41(29-30-48(45)58-47)40-24-15-23-39(32-40)38-22-14-21-37(31-38)35-17-8-6-9-18-35)34(2)51-55-52(36-19-10-7-11-20-36)57-53(56-51)44-27-16-26-43-42-25-12-13-28-46(42)54(3,4)50(43)44/h5-33H,1-4H3/b47-5+,49-34+. The molecule has 58 heavy (non-hydrogen) atoms. The van der Waals surface area contributed by atoms with Crippen molar-refractivity contribution >= 4 is 33.1 Å². The molecule has 0 unspecified atom stereocenters. The molecule has 4 heteroatoms. The highest BCUT2D eigenvalue weighted by atomic mass is 32.1. The Hall–Kier alpha value is -6.75. The molecule has 0 atom stereocenters. The maximum atomic E-state index is 5.36. The van der Waals surface area contributed by atoms with Gasteiger partial charge >= 0.3 is 0 Å². The van der Waals surface area contributed by atoms with Crippen molar-refractivity contribution in [2.45, 2.75) is 33.1 Å². The highest BCUT2D eigenvalue weighted by Crippen LogP contribution is 2.51. The third-order valence-corrected chi connectivity index (χ3v) is 12.9. The van der Waals surface area contributed by atoms with Crippen molar-refractivity contribution < 1.29 is 0 Å². The lowest BCUT2D eigenvalue weighted by atomic mass is 9.80. The van der Waals surface area contributed by atoms with Crippen LogP contribution < -0.4 is 9.75 Å². The van der Waals surface area contributed by atoms with Crippen molar-refractivity contribution in [3.63, 3.8) is 0 Å². The summed E-state index contributed by atoms with van der Waals surface area (Å²) >= 11 is 1.81. The number of hydrogen-bond donors (Lipinski definition) is 0. The van der Waals surface area contributed by atoms with Gasteiger partial charge in [-0.2, -0.15) is 0 Å². The zero-order chi connectivity index (χ0) is 39.4. The molecular formula is C54H41N3S. The molecule has 0 saturated heterocycles. The number of aromatic nitrogens is 3. The van der Waals surface area contributed by atoms with Gasteiger partial charge in [-0.15, -0.1) is 11.3 Å².